The van der Waals surface area contributed by atoms with E-state index in [0.717, 1.165) is 12.8 Å². The Morgan fingerprint density at radius 3 is 2.89 bits per heavy atom. The number of aryl methyl sites for hydroxylation is 1. The number of hydrogen-bond acceptors (Lipinski definition) is 2. The first-order valence-corrected chi connectivity index (χ1v) is 6.26. The monoisotopic (exact) mass is 245 g/mol. The fourth-order valence-electron chi connectivity index (χ4n) is 3.20. The number of carboxylic acids is 1. The lowest BCUT2D eigenvalue weighted by atomic mass is 9.92. The van der Waals surface area contributed by atoms with Crippen molar-refractivity contribution in [2.45, 2.75) is 18.8 Å². The molecule has 0 aromatic heterocycles. The third kappa shape index (κ3) is 1.78. The van der Waals surface area contributed by atoms with E-state index in [4.69, 9.17) is 5.11 Å². The number of carboxylic acid groups (broad SMARTS) is 1. The largest absolute Gasteiger partial charge is 0.480 e. The van der Waals surface area contributed by atoms with Crippen molar-refractivity contribution < 1.29 is 14.7 Å². The molecule has 4 heteroatoms. The summed E-state index contributed by atoms with van der Waals surface area (Å²) in [5.41, 5.74) is 2.62. The van der Waals surface area contributed by atoms with Crippen molar-refractivity contribution in [3.8, 4) is 0 Å². The van der Waals surface area contributed by atoms with Crippen molar-refractivity contribution in [3.63, 3.8) is 0 Å². The van der Waals surface area contributed by atoms with Crippen LogP contribution in [-0.2, 0) is 16.0 Å². The summed E-state index contributed by atoms with van der Waals surface area (Å²) < 4.78 is 0. The van der Waals surface area contributed by atoms with E-state index >= 15 is 0 Å². The van der Waals surface area contributed by atoms with E-state index in [-0.39, 0.29) is 18.4 Å². The molecule has 0 saturated heterocycles. The minimum atomic E-state index is -0.993. The lowest BCUT2D eigenvalue weighted by Crippen LogP contribution is -2.31. The van der Waals surface area contributed by atoms with Crippen LogP contribution in [-0.4, -0.2) is 23.5 Å². The molecule has 3 unspecified atom stereocenters. The number of carbonyl (C=O) groups is 2. The average Bonchev–Trinajstić information content (AvgIpc) is 3.10. The fourth-order valence-corrected chi connectivity index (χ4v) is 3.20. The summed E-state index contributed by atoms with van der Waals surface area (Å²) in [6.45, 7) is -0.281. The zero-order valence-corrected chi connectivity index (χ0v) is 9.93. The Kier molecular flexibility index (Phi) is 2.58. The summed E-state index contributed by atoms with van der Waals surface area (Å²) in [7, 11) is 0. The predicted molar refractivity (Wildman–Crippen MR) is 65.1 cm³/mol. The first-order valence-electron chi connectivity index (χ1n) is 6.26. The molecule has 18 heavy (non-hydrogen) atoms. The standard InChI is InChI=1S/C14H15NO3/c16-11(17)7-15-14(18)13-10-6-5-8-3-1-2-4-9(8)12(10)13/h1-4,10,12-13H,5-7H2,(H,15,18)(H,16,17). The number of hydrogen-bond donors (Lipinski definition) is 2. The van der Waals surface area contributed by atoms with E-state index in [1.165, 1.54) is 11.1 Å². The summed E-state index contributed by atoms with van der Waals surface area (Å²) in [5, 5.41) is 11.1. The SMILES string of the molecule is O=C(O)CNC(=O)C1C2CCc3ccccc3C21. The van der Waals surface area contributed by atoms with Crippen molar-refractivity contribution >= 4 is 11.9 Å². The van der Waals surface area contributed by atoms with Gasteiger partial charge in [-0.1, -0.05) is 24.3 Å². The van der Waals surface area contributed by atoms with Crippen LogP contribution in [0.15, 0.2) is 24.3 Å². The Bertz CT molecular complexity index is 512. The van der Waals surface area contributed by atoms with Gasteiger partial charge in [0.15, 0.2) is 0 Å². The summed E-state index contributed by atoms with van der Waals surface area (Å²) in [6, 6.07) is 8.25. The molecule has 1 fully saturated rings. The Labute approximate surface area is 105 Å². The van der Waals surface area contributed by atoms with Crippen LogP contribution in [0.3, 0.4) is 0 Å². The van der Waals surface area contributed by atoms with Gasteiger partial charge in [0, 0.05) is 5.92 Å². The van der Waals surface area contributed by atoms with Crippen LogP contribution in [0, 0.1) is 11.8 Å². The van der Waals surface area contributed by atoms with Crippen LogP contribution < -0.4 is 5.32 Å². The normalized spacial score (nSPS) is 27.9. The maximum Gasteiger partial charge on any atom is 0.322 e. The Balaban J connectivity index is 1.73. The van der Waals surface area contributed by atoms with E-state index in [9.17, 15) is 9.59 Å². The van der Waals surface area contributed by atoms with Gasteiger partial charge in [0.1, 0.15) is 6.54 Å². The van der Waals surface area contributed by atoms with E-state index in [1.807, 2.05) is 12.1 Å². The lowest BCUT2D eigenvalue weighted by molar-refractivity contribution is -0.138. The van der Waals surface area contributed by atoms with Crippen molar-refractivity contribution in [3.05, 3.63) is 35.4 Å². The molecule has 1 amide bonds. The minimum Gasteiger partial charge on any atom is -0.480 e. The molecule has 0 radical (unpaired) electrons. The van der Waals surface area contributed by atoms with Crippen LogP contribution in [0.4, 0.5) is 0 Å². The van der Waals surface area contributed by atoms with Crippen molar-refractivity contribution in [1.29, 1.82) is 0 Å². The van der Waals surface area contributed by atoms with Crippen LogP contribution in [0.25, 0.3) is 0 Å². The molecule has 0 bridgehead atoms. The van der Waals surface area contributed by atoms with E-state index in [2.05, 4.69) is 17.4 Å². The fraction of sp³-hybridized carbons (Fsp3) is 0.429. The third-order valence-corrected chi connectivity index (χ3v) is 4.05. The van der Waals surface area contributed by atoms with Gasteiger partial charge >= 0.3 is 5.97 Å². The Morgan fingerprint density at radius 1 is 1.33 bits per heavy atom. The molecule has 2 N–H and O–H groups in total. The highest BCUT2D eigenvalue weighted by molar-refractivity contribution is 5.86. The van der Waals surface area contributed by atoms with Gasteiger partial charge in [-0.2, -0.15) is 0 Å². The molecule has 0 spiro atoms. The van der Waals surface area contributed by atoms with E-state index < -0.39 is 5.97 Å². The second-order valence-corrected chi connectivity index (χ2v) is 5.06. The minimum absolute atomic E-state index is 0.0204. The maximum absolute atomic E-state index is 11.9. The second kappa shape index (κ2) is 4.12. The van der Waals surface area contributed by atoms with Crippen LogP contribution in [0.1, 0.15) is 23.5 Å². The first kappa shape index (κ1) is 11.3. The number of rotatable bonds is 3. The molecule has 1 aromatic rings. The van der Waals surface area contributed by atoms with Crippen molar-refractivity contribution in [2.75, 3.05) is 6.54 Å². The predicted octanol–water partition coefficient (Wildman–Crippen LogP) is 1.16. The zero-order valence-electron chi connectivity index (χ0n) is 9.93. The van der Waals surface area contributed by atoms with Gasteiger partial charge in [-0.05, 0) is 35.8 Å². The van der Waals surface area contributed by atoms with Crippen LogP contribution in [0.2, 0.25) is 0 Å². The van der Waals surface area contributed by atoms with Gasteiger partial charge in [-0.15, -0.1) is 0 Å². The maximum atomic E-state index is 11.9. The smallest absolute Gasteiger partial charge is 0.322 e. The summed E-state index contributed by atoms with van der Waals surface area (Å²) in [5.74, 6) is -0.401. The lowest BCUT2D eigenvalue weighted by Gasteiger charge is -2.13. The molecule has 2 aliphatic carbocycles. The third-order valence-electron chi connectivity index (χ3n) is 4.05. The molecular weight excluding hydrogens is 230 g/mol. The number of benzene rings is 1. The summed E-state index contributed by atoms with van der Waals surface area (Å²) in [4.78, 5) is 22.4. The Morgan fingerprint density at radius 2 is 2.11 bits per heavy atom. The summed E-state index contributed by atoms with van der Waals surface area (Å²) >= 11 is 0. The number of carbonyl (C=O) groups excluding carboxylic acids is 1. The number of amides is 1. The topological polar surface area (TPSA) is 66.4 Å². The summed E-state index contributed by atoms with van der Waals surface area (Å²) in [6.07, 6.45) is 2.06. The van der Waals surface area contributed by atoms with Gasteiger partial charge in [-0.25, -0.2) is 0 Å². The van der Waals surface area contributed by atoms with Crippen LogP contribution in [0.5, 0.6) is 0 Å². The number of fused-ring (bicyclic) bond motifs is 3. The van der Waals surface area contributed by atoms with E-state index in [0.29, 0.717) is 11.8 Å². The second-order valence-electron chi connectivity index (χ2n) is 5.06. The molecule has 0 aliphatic heterocycles. The highest BCUT2D eigenvalue weighted by atomic mass is 16.4. The van der Waals surface area contributed by atoms with Crippen molar-refractivity contribution in [1.82, 2.24) is 5.32 Å². The van der Waals surface area contributed by atoms with Gasteiger partial charge < -0.3 is 10.4 Å². The van der Waals surface area contributed by atoms with Gasteiger partial charge in [-0.3, -0.25) is 9.59 Å². The molecule has 3 atom stereocenters. The molecule has 2 aliphatic rings. The van der Waals surface area contributed by atoms with Crippen LogP contribution >= 0.6 is 0 Å². The number of aliphatic carboxylic acids is 1. The number of nitrogens with one attached hydrogen (secondary N) is 1. The molecule has 94 valence electrons. The highest BCUT2D eigenvalue weighted by Gasteiger charge is 2.56. The van der Waals surface area contributed by atoms with Gasteiger partial charge in [0.2, 0.25) is 5.91 Å². The van der Waals surface area contributed by atoms with Gasteiger partial charge in [0.25, 0.3) is 0 Å². The molecular formula is C14H15NO3. The van der Waals surface area contributed by atoms with Gasteiger partial charge in [0.05, 0.1) is 0 Å². The quantitative estimate of drug-likeness (QED) is 0.839. The van der Waals surface area contributed by atoms with Crippen molar-refractivity contribution in [2.24, 2.45) is 11.8 Å². The molecule has 3 rings (SSSR count). The Hall–Kier alpha value is -1.84. The van der Waals surface area contributed by atoms with E-state index in [1.54, 1.807) is 0 Å². The highest BCUT2D eigenvalue weighted by Crippen LogP contribution is 2.59. The molecule has 0 heterocycles. The first-order chi connectivity index (χ1) is 8.68. The zero-order chi connectivity index (χ0) is 12.7. The molecule has 1 aromatic carbocycles. The molecule has 4 nitrogen and oxygen atoms in total. The average molecular weight is 245 g/mol. The molecule has 1 saturated carbocycles.